The second kappa shape index (κ2) is 8.06. The van der Waals surface area contributed by atoms with Gasteiger partial charge in [-0.05, 0) is 25.7 Å². The Morgan fingerprint density at radius 1 is 1.36 bits per heavy atom. The van der Waals surface area contributed by atoms with Gasteiger partial charge < -0.3 is 10.5 Å². The summed E-state index contributed by atoms with van der Waals surface area (Å²) in [6, 6.07) is -0.464. The van der Waals surface area contributed by atoms with E-state index in [0.717, 1.165) is 6.42 Å². The molecule has 0 aromatic heterocycles. The lowest BCUT2D eigenvalue weighted by molar-refractivity contribution is -0.150. The van der Waals surface area contributed by atoms with E-state index in [2.05, 4.69) is 0 Å². The number of hydrogen-bond donors (Lipinski definition) is 1. The van der Waals surface area contributed by atoms with Crippen molar-refractivity contribution in [3.8, 4) is 0 Å². The van der Waals surface area contributed by atoms with E-state index in [1.54, 1.807) is 0 Å². The first-order chi connectivity index (χ1) is 5.97. The van der Waals surface area contributed by atoms with Crippen LogP contribution in [0.5, 0.6) is 0 Å². The van der Waals surface area contributed by atoms with Crippen molar-refractivity contribution in [3.05, 3.63) is 0 Å². The highest BCUT2D eigenvalue weighted by Crippen LogP contribution is 2.06. The van der Waals surface area contributed by atoms with Crippen LogP contribution < -0.4 is 5.73 Å². The van der Waals surface area contributed by atoms with Gasteiger partial charge in [0, 0.05) is 0 Å². The molecule has 0 aliphatic rings. The van der Waals surface area contributed by atoms with Crippen LogP contribution >= 0.6 is 12.4 Å². The Morgan fingerprint density at radius 2 is 1.86 bits per heavy atom. The van der Waals surface area contributed by atoms with E-state index < -0.39 is 6.04 Å². The smallest absolute Gasteiger partial charge is 0.323 e. The molecule has 0 radical (unpaired) electrons. The first-order valence-electron chi connectivity index (χ1n) is 4.93. The summed E-state index contributed by atoms with van der Waals surface area (Å²) in [7, 11) is 0. The van der Waals surface area contributed by atoms with Gasteiger partial charge in [-0.1, -0.05) is 20.8 Å². The minimum Gasteiger partial charge on any atom is -0.462 e. The number of esters is 1. The van der Waals surface area contributed by atoms with Gasteiger partial charge in [-0.25, -0.2) is 0 Å². The molecule has 0 aliphatic heterocycles. The lowest BCUT2D eigenvalue weighted by Gasteiger charge is -2.16. The zero-order chi connectivity index (χ0) is 10.4. The van der Waals surface area contributed by atoms with Crippen molar-refractivity contribution in [2.75, 3.05) is 0 Å². The van der Waals surface area contributed by atoms with Crippen LogP contribution in [0.1, 0.15) is 40.5 Å². The number of halogens is 1. The van der Waals surface area contributed by atoms with Crippen LogP contribution in [-0.4, -0.2) is 18.1 Å². The van der Waals surface area contributed by atoms with Crippen LogP contribution in [0.25, 0.3) is 0 Å². The van der Waals surface area contributed by atoms with Crippen molar-refractivity contribution in [1.82, 2.24) is 0 Å². The van der Waals surface area contributed by atoms with E-state index in [9.17, 15) is 4.79 Å². The van der Waals surface area contributed by atoms with Crippen LogP contribution in [0.15, 0.2) is 0 Å². The molecular formula is C10H22ClNO2. The number of hydrogen-bond acceptors (Lipinski definition) is 3. The van der Waals surface area contributed by atoms with E-state index in [1.165, 1.54) is 0 Å². The highest BCUT2D eigenvalue weighted by molar-refractivity contribution is 5.85. The quantitative estimate of drug-likeness (QED) is 0.727. The lowest BCUT2D eigenvalue weighted by Crippen LogP contribution is -2.35. The van der Waals surface area contributed by atoms with Crippen LogP contribution in [0.4, 0.5) is 0 Å². The van der Waals surface area contributed by atoms with Gasteiger partial charge in [0.1, 0.15) is 6.04 Å². The van der Waals surface area contributed by atoms with Crippen LogP contribution in [0.3, 0.4) is 0 Å². The molecule has 0 fully saturated rings. The fourth-order valence-corrected chi connectivity index (χ4v) is 0.973. The number of ether oxygens (including phenoxy) is 1. The molecule has 0 bridgehead atoms. The maximum Gasteiger partial charge on any atom is 0.323 e. The highest BCUT2D eigenvalue weighted by atomic mass is 35.5. The van der Waals surface area contributed by atoms with Gasteiger partial charge in [0.05, 0.1) is 6.10 Å². The third-order valence-electron chi connectivity index (χ3n) is 1.92. The average molecular weight is 224 g/mol. The molecule has 0 aromatic rings. The summed E-state index contributed by atoms with van der Waals surface area (Å²) in [6.07, 6.45) is 1.50. The first kappa shape index (κ1) is 16.2. The van der Waals surface area contributed by atoms with Gasteiger partial charge >= 0.3 is 5.97 Å². The summed E-state index contributed by atoms with van der Waals surface area (Å²) in [4.78, 5) is 11.3. The molecule has 0 amide bonds. The average Bonchev–Trinajstić information content (AvgIpc) is 2.02. The summed E-state index contributed by atoms with van der Waals surface area (Å²) in [6.45, 7) is 7.93. The second-order valence-corrected chi connectivity index (χ2v) is 3.89. The number of carbonyl (C=O) groups excluding carboxylic acids is 1. The van der Waals surface area contributed by atoms with Gasteiger partial charge in [-0.15, -0.1) is 12.4 Å². The Morgan fingerprint density at radius 3 is 2.21 bits per heavy atom. The third-order valence-corrected chi connectivity index (χ3v) is 1.92. The monoisotopic (exact) mass is 223 g/mol. The molecule has 14 heavy (non-hydrogen) atoms. The Bertz CT molecular complexity index is 162. The molecule has 1 unspecified atom stereocenters. The van der Waals surface area contributed by atoms with E-state index >= 15 is 0 Å². The third kappa shape index (κ3) is 7.15. The largest absolute Gasteiger partial charge is 0.462 e. The van der Waals surface area contributed by atoms with Crippen molar-refractivity contribution >= 4 is 18.4 Å². The van der Waals surface area contributed by atoms with Crippen LogP contribution in [0.2, 0.25) is 0 Å². The second-order valence-electron chi connectivity index (χ2n) is 3.89. The molecule has 86 valence electrons. The molecule has 2 atom stereocenters. The van der Waals surface area contributed by atoms with E-state index in [-0.39, 0.29) is 24.5 Å². The summed E-state index contributed by atoms with van der Waals surface area (Å²) < 4.78 is 5.10. The predicted octanol–water partition coefficient (Wildman–Crippen LogP) is 2.12. The minimum atomic E-state index is -0.464. The molecule has 0 aromatic carbocycles. The molecule has 0 rings (SSSR count). The van der Waals surface area contributed by atoms with Gasteiger partial charge in [0.2, 0.25) is 0 Å². The number of carbonyl (C=O) groups is 1. The van der Waals surface area contributed by atoms with Gasteiger partial charge in [-0.2, -0.15) is 0 Å². The van der Waals surface area contributed by atoms with Crippen molar-refractivity contribution in [1.29, 1.82) is 0 Å². The van der Waals surface area contributed by atoms with Gasteiger partial charge in [-0.3, -0.25) is 4.79 Å². The summed E-state index contributed by atoms with van der Waals surface area (Å²) in [5.74, 6) is 0.155. The molecule has 2 N–H and O–H groups in total. The van der Waals surface area contributed by atoms with Crippen LogP contribution in [-0.2, 0) is 9.53 Å². The first-order valence-corrected chi connectivity index (χ1v) is 4.93. The summed E-state index contributed by atoms with van der Waals surface area (Å²) in [5.41, 5.74) is 5.65. The molecule has 0 aliphatic carbocycles. The Hall–Kier alpha value is -0.280. The normalized spacial score (nSPS) is 14.4. The zero-order valence-electron chi connectivity index (χ0n) is 9.45. The molecule has 3 nitrogen and oxygen atoms in total. The Labute approximate surface area is 92.8 Å². The summed E-state index contributed by atoms with van der Waals surface area (Å²) >= 11 is 0. The number of nitrogens with two attached hydrogens (primary N) is 1. The van der Waals surface area contributed by atoms with E-state index in [1.807, 2.05) is 27.7 Å². The van der Waals surface area contributed by atoms with Gasteiger partial charge in [0.25, 0.3) is 0 Å². The maximum absolute atomic E-state index is 11.3. The van der Waals surface area contributed by atoms with Crippen molar-refractivity contribution in [2.45, 2.75) is 52.7 Å². The molecule has 0 saturated carbocycles. The predicted molar refractivity (Wildman–Crippen MR) is 60.5 cm³/mol. The van der Waals surface area contributed by atoms with Crippen molar-refractivity contribution < 1.29 is 9.53 Å². The molecule has 0 spiro atoms. The zero-order valence-corrected chi connectivity index (χ0v) is 10.3. The van der Waals surface area contributed by atoms with Crippen LogP contribution in [0, 0.1) is 5.92 Å². The molecule has 4 heteroatoms. The van der Waals surface area contributed by atoms with Crippen molar-refractivity contribution in [3.63, 3.8) is 0 Å². The fourth-order valence-electron chi connectivity index (χ4n) is 0.973. The number of rotatable bonds is 5. The lowest BCUT2D eigenvalue weighted by atomic mass is 10.0. The highest BCUT2D eigenvalue weighted by Gasteiger charge is 2.17. The topological polar surface area (TPSA) is 52.3 Å². The van der Waals surface area contributed by atoms with Crippen molar-refractivity contribution in [2.24, 2.45) is 11.7 Å². The fraction of sp³-hybridized carbons (Fsp3) is 0.900. The molecule has 0 saturated heterocycles. The molecular weight excluding hydrogens is 202 g/mol. The molecule has 0 heterocycles. The standard InChI is InChI=1S/C10H21NO2.ClH/c1-5-8(4)13-10(12)9(11)6-7(2)3;/h7-9H,5-6,11H2,1-4H3;1H/t8?,9-;/m0./s1. The minimum absolute atomic E-state index is 0. The van der Waals surface area contributed by atoms with Gasteiger partial charge in [0.15, 0.2) is 0 Å². The maximum atomic E-state index is 11.3. The SMILES string of the molecule is CCC(C)OC(=O)[C@@H](N)CC(C)C.Cl. The Balaban J connectivity index is 0. The summed E-state index contributed by atoms with van der Waals surface area (Å²) in [5, 5.41) is 0. The van der Waals surface area contributed by atoms with E-state index in [4.69, 9.17) is 10.5 Å². The Kier molecular flexibility index (Phi) is 9.31. The van der Waals surface area contributed by atoms with E-state index in [0.29, 0.717) is 12.3 Å².